The number of benzene rings is 1. The summed E-state index contributed by atoms with van der Waals surface area (Å²) in [7, 11) is 0. The monoisotopic (exact) mass is 377 g/mol. The van der Waals surface area contributed by atoms with Gasteiger partial charge in [0.2, 0.25) is 5.91 Å². The van der Waals surface area contributed by atoms with Gasteiger partial charge in [-0.05, 0) is 62.5 Å². The normalized spacial score (nSPS) is 33.9. The summed E-state index contributed by atoms with van der Waals surface area (Å²) in [5, 5.41) is 3.60. The molecule has 2 bridgehead atoms. The first kappa shape index (κ1) is 19.5. The molecule has 1 aliphatic heterocycles. The number of nitrogens with one attached hydrogen (secondary N) is 1. The van der Waals surface area contributed by atoms with Crippen LogP contribution in [-0.2, 0) is 4.79 Å². The molecule has 1 saturated heterocycles. The highest BCUT2D eigenvalue weighted by molar-refractivity contribution is 5.85. The van der Waals surface area contributed by atoms with Crippen LogP contribution in [-0.4, -0.2) is 36.0 Å². The van der Waals surface area contributed by atoms with E-state index in [-0.39, 0.29) is 18.3 Å². The number of likely N-dealkylation sites (tertiary alicyclic amines) is 1. The minimum Gasteiger partial charge on any atom is -0.381 e. The highest BCUT2D eigenvalue weighted by Gasteiger charge is 2.42. The third-order valence-corrected chi connectivity index (χ3v) is 6.64. The number of carbonyl (C=O) groups is 1. The minimum atomic E-state index is 0. The molecule has 5 heteroatoms. The predicted octanol–water partition coefficient (Wildman–Crippen LogP) is 3.66. The number of nitrogens with zero attached hydrogens (tertiary/aromatic N) is 1. The summed E-state index contributed by atoms with van der Waals surface area (Å²) in [4.78, 5) is 15.3. The van der Waals surface area contributed by atoms with E-state index < -0.39 is 0 Å². The van der Waals surface area contributed by atoms with Gasteiger partial charge < -0.3 is 16.0 Å². The Bertz CT molecular complexity index is 582. The van der Waals surface area contributed by atoms with E-state index in [4.69, 9.17) is 5.73 Å². The van der Waals surface area contributed by atoms with Gasteiger partial charge in [0.05, 0.1) is 0 Å². The maximum atomic E-state index is 13.1. The summed E-state index contributed by atoms with van der Waals surface area (Å²) in [5.74, 6) is 1.75. The third-order valence-electron chi connectivity index (χ3n) is 6.64. The molecule has 0 spiro atoms. The topological polar surface area (TPSA) is 58.4 Å². The van der Waals surface area contributed by atoms with Crippen molar-refractivity contribution in [3.8, 4) is 0 Å². The van der Waals surface area contributed by atoms with Crippen LogP contribution in [0.1, 0.15) is 44.9 Å². The maximum absolute atomic E-state index is 13.1. The zero-order valence-electron chi connectivity index (χ0n) is 15.5. The summed E-state index contributed by atoms with van der Waals surface area (Å²) >= 11 is 0. The second kappa shape index (κ2) is 8.62. The molecule has 4 rings (SSSR count). The fourth-order valence-corrected chi connectivity index (χ4v) is 5.31. The highest BCUT2D eigenvalue weighted by atomic mass is 35.5. The molecule has 1 aromatic carbocycles. The molecule has 1 amide bonds. The van der Waals surface area contributed by atoms with Crippen molar-refractivity contribution in [2.24, 2.45) is 23.5 Å². The smallest absolute Gasteiger partial charge is 0.225 e. The molecule has 144 valence electrons. The molecular formula is C21H32ClN3O. The summed E-state index contributed by atoms with van der Waals surface area (Å²) < 4.78 is 0. The fraction of sp³-hybridized carbons (Fsp3) is 0.667. The Hall–Kier alpha value is -1.26. The number of anilines is 1. The van der Waals surface area contributed by atoms with Crippen LogP contribution in [0.4, 0.5) is 5.69 Å². The lowest BCUT2D eigenvalue weighted by molar-refractivity contribution is -0.139. The number of rotatable bonds is 3. The summed E-state index contributed by atoms with van der Waals surface area (Å²) in [6.07, 6.45) is 8.01. The molecule has 0 radical (unpaired) electrons. The zero-order chi connectivity index (χ0) is 17.2. The van der Waals surface area contributed by atoms with E-state index in [1.807, 2.05) is 6.07 Å². The van der Waals surface area contributed by atoms with Gasteiger partial charge in [0.1, 0.15) is 0 Å². The van der Waals surface area contributed by atoms with Crippen LogP contribution in [0, 0.1) is 17.8 Å². The van der Waals surface area contributed by atoms with Gasteiger partial charge in [0.15, 0.2) is 0 Å². The second-order valence-electron chi connectivity index (χ2n) is 8.33. The molecule has 3 aliphatic rings. The van der Waals surface area contributed by atoms with Crippen LogP contribution in [0.15, 0.2) is 30.3 Å². The van der Waals surface area contributed by atoms with E-state index in [0.717, 1.165) is 44.5 Å². The number of nitrogens with two attached hydrogens (primary N) is 1. The predicted molar refractivity (Wildman–Crippen MR) is 108 cm³/mol. The van der Waals surface area contributed by atoms with Crippen molar-refractivity contribution in [1.29, 1.82) is 0 Å². The Morgan fingerprint density at radius 2 is 1.73 bits per heavy atom. The Labute approximate surface area is 163 Å². The lowest BCUT2D eigenvalue weighted by Crippen LogP contribution is -2.52. The molecular weight excluding hydrogens is 346 g/mol. The molecule has 0 aromatic heterocycles. The summed E-state index contributed by atoms with van der Waals surface area (Å²) in [6, 6.07) is 11.1. The van der Waals surface area contributed by atoms with E-state index >= 15 is 0 Å². The van der Waals surface area contributed by atoms with Gasteiger partial charge in [0, 0.05) is 36.8 Å². The van der Waals surface area contributed by atoms with E-state index in [9.17, 15) is 4.79 Å². The highest BCUT2D eigenvalue weighted by Crippen LogP contribution is 2.42. The molecule has 3 atom stereocenters. The molecule has 4 nitrogen and oxygen atoms in total. The van der Waals surface area contributed by atoms with Gasteiger partial charge in [-0.1, -0.05) is 24.6 Å². The van der Waals surface area contributed by atoms with E-state index in [2.05, 4.69) is 34.5 Å². The van der Waals surface area contributed by atoms with Crippen LogP contribution >= 0.6 is 12.4 Å². The van der Waals surface area contributed by atoms with Crippen molar-refractivity contribution in [2.75, 3.05) is 18.4 Å². The zero-order valence-corrected chi connectivity index (χ0v) is 16.3. The van der Waals surface area contributed by atoms with Crippen LogP contribution < -0.4 is 11.1 Å². The van der Waals surface area contributed by atoms with Crippen LogP contribution in [0.3, 0.4) is 0 Å². The molecule has 2 aliphatic carbocycles. The summed E-state index contributed by atoms with van der Waals surface area (Å²) in [6.45, 7) is 1.76. The first-order chi connectivity index (χ1) is 12.2. The first-order valence-corrected chi connectivity index (χ1v) is 10.1. The van der Waals surface area contributed by atoms with Gasteiger partial charge in [0.25, 0.3) is 0 Å². The molecule has 1 aromatic rings. The van der Waals surface area contributed by atoms with E-state index in [1.165, 1.54) is 19.3 Å². The van der Waals surface area contributed by atoms with E-state index in [0.29, 0.717) is 29.8 Å². The molecule has 1 heterocycles. The Morgan fingerprint density at radius 1 is 1.04 bits per heavy atom. The Kier molecular flexibility index (Phi) is 6.46. The molecule has 26 heavy (non-hydrogen) atoms. The van der Waals surface area contributed by atoms with Crippen LogP contribution in [0.25, 0.3) is 0 Å². The van der Waals surface area contributed by atoms with Gasteiger partial charge in [-0.3, -0.25) is 4.79 Å². The Morgan fingerprint density at radius 3 is 2.42 bits per heavy atom. The SMILES string of the molecule is Cl.NC1C2CCCC1CC(C(=O)N1CCCC(Nc3ccccc3)C1)C2. The third kappa shape index (κ3) is 4.17. The number of fused-ring (bicyclic) bond motifs is 2. The largest absolute Gasteiger partial charge is 0.381 e. The average Bonchev–Trinajstić information content (AvgIpc) is 2.62. The van der Waals surface area contributed by atoms with E-state index in [1.54, 1.807) is 0 Å². The van der Waals surface area contributed by atoms with Crippen molar-refractivity contribution in [3.05, 3.63) is 30.3 Å². The van der Waals surface area contributed by atoms with Crippen molar-refractivity contribution < 1.29 is 4.79 Å². The lowest BCUT2D eigenvalue weighted by atomic mass is 9.65. The van der Waals surface area contributed by atoms with Crippen molar-refractivity contribution >= 4 is 24.0 Å². The number of para-hydroxylation sites is 1. The first-order valence-electron chi connectivity index (χ1n) is 10.1. The van der Waals surface area contributed by atoms with Crippen LogP contribution in [0.5, 0.6) is 0 Å². The number of carbonyl (C=O) groups excluding carboxylic acids is 1. The molecule has 3 fully saturated rings. The second-order valence-corrected chi connectivity index (χ2v) is 8.33. The van der Waals surface area contributed by atoms with Gasteiger partial charge in [-0.25, -0.2) is 0 Å². The summed E-state index contributed by atoms with van der Waals surface area (Å²) in [5.41, 5.74) is 7.55. The van der Waals surface area contributed by atoms with Gasteiger partial charge >= 0.3 is 0 Å². The lowest BCUT2D eigenvalue weighted by Gasteiger charge is -2.45. The number of piperidine rings is 1. The standard InChI is InChI=1S/C21H31N3O.ClH/c22-20-15-6-4-7-16(20)13-17(12-15)21(25)24-11-5-10-19(14-24)23-18-8-2-1-3-9-18;/h1-3,8-9,15-17,19-20,23H,4-7,10-14,22H2;1H. The van der Waals surface area contributed by atoms with Crippen molar-refractivity contribution in [3.63, 3.8) is 0 Å². The maximum Gasteiger partial charge on any atom is 0.225 e. The number of hydrogen-bond acceptors (Lipinski definition) is 3. The van der Waals surface area contributed by atoms with Gasteiger partial charge in [-0.2, -0.15) is 0 Å². The fourth-order valence-electron chi connectivity index (χ4n) is 5.31. The Balaban J connectivity index is 0.00000196. The minimum absolute atomic E-state index is 0. The number of halogens is 1. The molecule has 3 N–H and O–H groups in total. The van der Waals surface area contributed by atoms with Crippen LogP contribution in [0.2, 0.25) is 0 Å². The molecule has 2 saturated carbocycles. The van der Waals surface area contributed by atoms with Gasteiger partial charge in [-0.15, -0.1) is 12.4 Å². The van der Waals surface area contributed by atoms with Crippen molar-refractivity contribution in [2.45, 2.75) is 57.0 Å². The average molecular weight is 378 g/mol. The number of hydrogen-bond donors (Lipinski definition) is 2. The quantitative estimate of drug-likeness (QED) is 0.844. The van der Waals surface area contributed by atoms with Crippen molar-refractivity contribution in [1.82, 2.24) is 4.90 Å². The molecule has 3 unspecified atom stereocenters. The number of amides is 1.